The third kappa shape index (κ3) is 3.07. The number of amides is 1. The van der Waals surface area contributed by atoms with Crippen molar-refractivity contribution in [2.75, 3.05) is 5.32 Å². The molecule has 6 nitrogen and oxygen atoms in total. The van der Waals surface area contributed by atoms with Gasteiger partial charge in [-0.1, -0.05) is 13.3 Å². The third-order valence-electron chi connectivity index (χ3n) is 3.69. The van der Waals surface area contributed by atoms with E-state index < -0.39 is 17.8 Å². The van der Waals surface area contributed by atoms with Crippen LogP contribution in [-0.4, -0.2) is 27.0 Å². The Morgan fingerprint density at radius 1 is 1.32 bits per heavy atom. The van der Waals surface area contributed by atoms with Crippen molar-refractivity contribution in [2.45, 2.75) is 26.2 Å². The summed E-state index contributed by atoms with van der Waals surface area (Å²) < 4.78 is 0. The molecule has 1 aromatic rings. The summed E-state index contributed by atoms with van der Waals surface area (Å²) in [5.74, 6) is -1.77. The Kier molecular flexibility index (Phi) is 4.09. The van der Waals surface area contributed by atoms with Gasteiger partial charge in [0.15, 0.2) is 0 Å². The Hall–Kier alpha value is -1.98. The molecule has 0 spiro atoms. The van der Waals surface area contributed by atoms with Gasteiger partial charge in [0.1, 0.15) is 0 Å². The summed E-state index contributed by atoms with van der Waals surface area (Å²) in [5.41, 5.74) is 0. The molecule has 0 aliphatic heterocycles. The molecular weight excluding hydrogens is 246 g/mol. The summed E-state index contributed by atoms with van der Waals surface area (Å²) in [7, 11) is 0. The summed E-state index contributed by atoms with van der Waals surface area (Å²) in [5, 5.41) is 11.8. The molecule has 6 heteroatoms. The van der Waals surface area contributed by atoms with Gasteiger partial charge in [-0.2, -0.15) is 0 Å². The first-order valence-corrected chi connectivity index (χ1v) is 6.42. The number of hydrogen-bond donors (Lipinski definition) is 2. The Morgan fingerprint density at radius 3 is 2.53 bits per heavy atom. The van der Waals surface area contributed by atoms with E-state index in [1.54, 1.807) is 6.07 Å². The van der Waals surface area contributed by atoms with Gasteiger partial charge in [-0.05, 0) is 24.8 Å². The van der Waals surface area contributed by atoms with Crippen molar-refractivity contribution in [1.82, 2.24) is 9.97 Å². The standard InChI is InChI=1S/C13H17N3O3/c1-2-8-6-9(10(7-8)12(18)19)11(17)16-13-14-4-3-5-15-13/h3-5,8-10H,2,6-7H2,1H3,(H,18,19)(H,14,15,16,17). The number of carbonyl (C=O) groups is 2. The SMILES string of the molecule is CCC1CC(C(=O)O)C(C(=O)Nc2ncccn2)C1. The molecule has 1 aromatic heterocycles. The predicted octanol–water partition coefficient (Wildman–Crippen LogP) is 1.55. The lowest BCUT2D eigenvalue weighted by Crippen LogP contribution is -2.30. The Morgan fingerprint density at radius 2 is 1.95 bits per heavy atom. The Labute approximate surface area is 111 Å². The lowest BCUT2D eigenvalue weighted by atomic mass is 9.95. The first kappa shape index (κ1) is 13.5. The molecule has 0 aromatic carbocycles. The fourth-order valence-electron chi connectivity index (χ4n) is 2.61. The predicted molar refractivity (Wildman–Crippen MR) is 68.3 cm³/mol. The van der Waals surface area contributed by atoms with Crippen LogP contribution in [-0.2, 0) is 9.59 Å². The van der Waals surface area contributed by atoms with E-state index in [0.29, 0.717) is 18.8 Å². The van der Waals surface area contributed by atoms with Crippen LogP contribution in [0.15, 0.2) is 18.5 Å². The fraction of sp³-hybridized carbons (Fsp3) is 0.538. The second-order valence-electron chi connectivity index (χ2n) is 4.86. The molecule has 0 radical (unpaired) electrons. The smallest absolute Gasteiger partial charge is 0.307 e. The number of carboxylic acid groups (broad SMARTS) is 1. The van der Waals surface area contributed by atoms with Crippen molar-refractivity contribution >= 4 is 17.8 Å². The van der Waals surface area contributed by atoms with Crippen LogP contribution < -0.4 is 5.32 Å². The molecule has 2 N–H and O–H groups in total. The number of hydrogen-bond acceptors (Lipinski definition) is 4. The number of carboxylic acids is 1. The zero-order chi connectivity index (χ0) is 13.8. The highest BCUT2D eigenvalue weighted by Crippen LogP contribution is 2.38. The van der Waals surface area contributed by atoms with E-state index in [2.05, 4.69) is 15.3 Å². The van der Waals surface area contributed by atoms with E-state index in [1.807, 2.05) is 6.92 Å². The first-order valence-electron chi connectivity index (χ1n) is 6.42. The van der Waals surface area contributed by atoms with Crippen LogP contribution in [0.2, 0.25) is 0 Å². The maximum atomic E-state index is 12.1. The maximum Gasteiger partial charge on any atom is 0.307 e. The van der Waals surface area contributed by atoms with Crippen LogP contribution in [0, 0.1) is 17.8 Å². The molecule has 1 amide bonds. The van der Waals surface area contributed by atoms with Gasteiger partial charge >= 0.3 is 5.97 Å². The highest BCUT2D eigenvalue weighted by Gasteiger charge is 2.42. The van der Waals surface area contributed by atoms with Gasteiger partial charge in [-0.3, -0.25) is 14.9 Å². The van der Waals surface area contributed by atoms with Gasteiger partial charge < -0.3 is 5.11 Å². The topological polar surface area (TPSA) is 92.2 Å². The molecular formula is C13H17N3O3. The van der Waals surface area contributed by atoms with E-state index in [9.17, 15) is 14.7 Å². The molecule has 0 bridgehead atoms. The van der Waals surface area contributed by atoms with Crippen LogP contribution in [0.25, 0.3) is 0 Å². The quantitative estimate of drug-likeness (QED) is 0.859. The van der Waals surface area contributed by atoms with E-state index in [-0.39, 0.29) is 11.9 Å². The minimum absolute atomic E-state index is 0.219. The Bertz CT molecular complexity index is 463. The summed E-state index contributed by atoms with van der Waals surface area (Å²) in [6.07, 6.45) is 5.14. The van der Waals surface area contributed by atoms with Crippen molar-refractivity contribution in [3.05, 3.63) is 18.5 Å². The van der Waals surface area contributed by atoms with Gasteiger partial charge in [-0.25, -0.2) is 9.97 Å². The van der Waals surface area contributed by atoms with Gasteiger partial charge in [0.25, 0.3) is 0 Å². The Balaban J connectivity index is 2.07. The lowest BCUT2D eigenvalue weighted by molar-refractivity contribution is -0.145. The molecule has 2 rings (SSSR count). The van der Waals surface area contributed by atoms with Crippen molar-refractivity contribution in [3.63, 3.8) is 0 Å². The minimum Gasteiger partial charge on any atom is -0.481 e. The molecule has 3 atom stereocenters. The molecule has 102 valence electrons. The highest BCUT2D eigenvalue weighted by atomic mass is 16.4. The summed E-state index contributed by atoms with van der Waals surface area (Å²) in [6.45, 7) is 2.02. The number of aromatic nitrogens is 2. The minimum atomic E-state index is -0.898. The molecule has 1 saturated carbocycles. The van der Waals surface area contributed by atoms with Gasteiger partial charge in [-0.15, -0.1) is 0 Å². The summed E-state index contributed by atoms with van der Waals surface area (Å²) in [4.78, 5) is 31.2. The van der Waals surface area contributed by atoms with E-state index in [0.717, 1.165) is 6.42 Å². The summed E-state index contributed by atoms with van der Waals surface area (Å²) >= 11 is 0. The van der Waals surface area contributed by atoms with Crippen molar-refractivity contribution < 1.29 is 14.7 Å². The van der Waals surface area contributed by atoms with Crippen LogP contribution in [0.4, 0.5) is 5.95 Å². The largest absolute Gasteiger partial charge is 0.481 e. The number of rotatable bonds is 4. The van der Waals surface area contributed by atoms with E-state index in [4.69, 9.17) is 0 Å². The van der Waals surface area contributed by atoms with Gasteiger partial charge in [0.2, 0.25) is 11.9 Å². The average molecular weight is 263 g/mol. The maximum absolute atomic E-state index is 12.1. The van der Waals surface area contributed by atoms with Crippen LogP contribution in [0.5, 0.6) is 0 Å². The van der Waals surface area contributed by atoms with Gasteiger partial charge in [0.05, 0.1) is 11.8 Å². The zero-order valence-corrected chi connectivity index (χ0v) is 10.7. The number of nitrogens with zero attached hydrogens (tertiary/aromatic N) is 2. The number of nitrogens with one attached hydrogen (secondary N) is 1. The molecule has 1 aliphatic rings. The van der Waals surface area contributed by atoms with Crippen molar-refractivity contribution in [3.8, 4) is 0 Å². The zero-order valence-electron chi connectivity index (χ0n) is 10.7. The second kappa shape index (κ2) is 5.77. The monoisotopic (exact) mass is 263 g/mol. The molecule has 1 aliphatic carbocycles. The molecule has 1 heterocycles. The molecule has 1 fully saturated rings. The molecule has 0 saturated heterocycles. The van der Waals surface area contributed by atoms with Crippen LogP contribution >= 0.6 is 0 Å². The second-order valence-corrected chi connectivity index (χ2v) is 4.86. The first-order chi connectivity index (χ1) is 9.11. The highest BCUT2D eigenvalue weighted by molar-refractivity contribution is 5.94. The number of anilines is 1. The average Bonchev–Trinajstić information content (AvgIpc) is 2.84. The van der Waals surface area contributed by atoms with Gasteiger partial charge in [0, 0.05) is 12.4 Å². The number of aliphatic carboxylic acids is 1. The number of carbonyl (C=O) groups excluding carboxylic acids is 1. The normalized spacial score (nSPS) is 26.1. The molecule has 19 heavy (non-hydrogen) atoms. The van der Waals surface area contributed by atoms with Crippen LogP contribution in [0.3, 0.4) is 0 Å². The summed E-state index contributed by atoms with van der Waals surface area (Å²) in [6, 6.07) is 1.65. The van der Waals surface area contributed by atoms with Crippen molar-refractivity contribution in [1.29, 1.82) is 0 Å². The fourth-order valence-corrected chi connectivity index (χ4v) is 2.61. The van der Waals surface area contributed by atoms with Crippen molar-refractivity contribution in [2.24, 2.45) is 17.8 Å². The van der Waals surface area contributed by atoms with E-state index >= 15 is 0 Å². The molecule has 3 unspecified atom stereocenters. The lowest BCUT2D eigenvalue weighted by Gasteiger charge is -2.14. The van der Waals surface area contributed by atoms with E-state index in [1.165, 1.54) is 12.4 Å². The van der Waals surface area contributed by atoms with Crippen LogP contribution in [0.1, 0.15) is 26.2 Å². The third-order valence-corrected chi connectivity index (χ3v) is 3.69.